The summed E-state index contributed by atoms with van der Waals surface area (Å²) in [6.07, 6.45) is -0.147. The van der Waals surface area contributed by atoms with E-state index in [9.17, 15) is 19.8 Å². The molecule has 1 aromatic rings. The van der Waals surface area contributed by atoms with Gasteiger partial charge in [-0.1, -0.05) is 18.2 Å². The van der Waals surface area contributed by atoms with Crippen LogP contribution in [0.15, 0.2) is 24.3 Å². The number of hydrogen-bond donors (Lipinski definition) is 2. The molecule has 1 aromatic carbocycles. The van der Waals surface area contributed by atoms with E-state index >= 15 is 0 Å². The molecule has 2 aliphatic heterocycles. The van der Waals surface area contributed by atoms with E-state index in [2.05, 4.69) is 0 Å². The first-order chi connectivity index (χ1) is 10.1. The van der Waals surface area contributed by atoms with Crippen molar-refractivity contribution in [3.05, 3.63) is 29.8 Å². The van der Waals surface area contributed by atoms with Gasteiger partial charge in [0.2, 0.25) is 5.91 Å². The maximum Gasteiger partial charge on any atom is 0.326 e. The summed E-state index contributed by atoms with van der Waals surface area (Å²) in [5, 5.41) is 18.8. The van der Waals surface area contributed by atoms with E-state index in [4.69, 9.17) is 4.74 Å². The summed E-state index contributed by atoms with van der Waals surface area (Å²) < 4.78 is 5.58. The number of aliphatic hydroxyl groups excluding tert-OH is 1. The van der Waals surface area contributed by atoms with Gasteiger partial charge in [0, 0.05) is 13.0 Å². The third kappa shape index (κ3) is 2.58. The highest BCUT2D eigenvalue weighted by Gasteiger charge is 2.42. The highest BCUT2D eigenvalue weighted by atomic mass is 16.5. The first kappa shape index (κ1) is 13.9. The lowest BCUT2D eigenvalue weighted by Crippen LogP contribution is -2.46. The van der Waals surface area contributed by atoms with Crippen LogP contribution in [0.5, 0.6) is 5.75 Å². The Morgan fingerprint density at radius 3 is 2.81 bits per heavy atom. The van der Waals surface area contributed by atoms with E-state index < -0.39 is 24.0 Å². The van der Waals surface area contributed by atoms with Crippen LogP contribution in [0.4, 0.5) is 0 Å². The van der Waals surface area contributed by atoms with Crippen LogP contribution >= 0.6 is 0 Å². The zero-order chi connectivity index (χ0) is 15.0. The molecule has 0 aromatic heterocycles. The van der Waals surface area contributed by atoms with Gasteiger partial charge < -0.3 is 19.8 Å². The number of amides is 1. The predicted octanol–water partition coefficient (Wildman–Crippen LogP) is 0.284. The monoisotopic (exact) mass is 291 g/mol. The zero-order valence-corrected chi connectivity index (χ0v) is 11.4. The minimum absolute atomic E-state index is 0.0773. The van der Waals surface area contributed by atoms with Crippen molar-refractivity contribution < 1.29 is 24.5 Å². The molecule has 1 saturated heterocycles. The van der Waals surface area contributed by atoms with Gasteiger partial charge in [0.25, 0.3) is 0 Å². The van der Waals surface area contributed by atoms with Crippen LogP contribution in [-0.2, 0) is 16.0 Å². The number of carboxylic acid groups (broad SMARTS) is 1. The highest BCUT2D eigenvalue weighted by molar-refractivity contribution is 5.86. The molecule has 6 nitrogen and oxygen atoms in total. The van der Waals surface area contributed by atoms with Gasteiger partial charge in [-0.2, -0.15) is 0 Å². The molecular formula is C15H17NO5. The van der Waals surface area contributed by atoms with Gasteiger partial charge >= 0.3 is 5.97 Å². The Hall–Kier alpha value is -2.08. The number of β-amino-alcohol motifs (C(OH)–C–C–N with tert-alkyl or cyclic N) is 1. The van der Waals surface area contributed by atoms with E-state index in [0.717, 1.165) is 11.3 Å². The van der Waals surface area contributed by atoms with Crippen molar-refractivity contribution in [3.8, 4) is 5.75 Å². The Bertz CT molecular complexity index is 573. The van der Waals surface area contributed by atoms with Crippen LogP contribution < -0.4 is 4.74 Å². The number of para-hydroxylation sites is 1. The molecule has 2 aliphatic rings. The summed E-state index contributed by atoms with van der Waals surface area (Å²) in [6, 6.07) is 6.58. The molecule has 0 saturated carbocycles. The van der Waals surface area contributed by atoms with Crippen molar-refractivity contribution in [2.24, 2.45) is 5.92 Å². The summed E-state index contributed by atoms with van der Waals surface area (Å²) in [7, 11) is 0. The normalized spacial score (nSPS) is 27.9. The van der Waals surface area contributed by atoms with Gasteiger partial charge in [-0.05, 0) is 18.1 Å². The van der Waals surface area contributed by atoms with Crippen molar-refractivity contribution in [1.82, 2.24) is 4.90 Å². The molecular weight excluding hydrogens is 274 g/mol. The third-order valence-corrected chi connectivity index (χ3v) is 4.08. The molecule has 1 fully saturated rings. The van der Waals surface area contributed by atoms with Crippen LogP contribution in [-0.4, -0.2) is 52.3 Å². The van der Waals surface area contributed by atoms with Crippen molar-refractivity contribution in [2.75, 3.05) is 13.2 Å². The maximum atomic E-state index is 12.5. The van der Waals surface area contributed by atoms with Gasteiger partial charge in [0.1, 0.15) is 18.4 Å². The molecule has 21 heavy (non-hydrogen) atoms. The van der Waals surface area contributed by atoms with Crippen molar-refractivity contribution in [2.45, 2.75) is 25.0 Å². The molecule has 0 aliphatic carbocycles. The molecule has 3 atom stereocenters. The molecule has 6 heteroatoms. The summed E-state index contributed by atoms with van der Waals surface area (Å²) >= 11 is 0. The number of aliphatic hydroxyl groups is 1. The van der Waals surface area contributed by atoms with Gasteiger partial charge in [-0.3, -0.25) is 4.79 Å². The summed E-state index contributed by atoms with van der Waals surface area (Å²) in [5.74, 6) is -0.949. The number of benzene rings is 1. The molecule has 1 amide bonds. The van der Waals surface area contributed by atoms with E-state index in [-0.39, 0.29) is 25.5 Å². The van der Waals surface area contributed by atoms with E-state index in [1.807, 2.05) is 24.3 Å². The van der Waals surface area contributed by atoms with Crippen molar-refractivity contribution in [1.29, 1.82) is 0 Å². The Morgan fingerprint density at radius 1 is 1.29 bits per heavy atom. The van der Waals surface area contributed by atoms with Gasteiger partial charge in [0.05, 0.1) is 12.0 Å². The molecule has 2 N–H and O–H groups in total. The number of carbonyl (C=O) groups is 2. The second-order valence-electron chi connectivity index (χ2n) is 5.55. The fourth-order valence-corrected chi connectivity index (χ4v) is 3.01. The number of fused-ring (bicyclic) bond motifs is 1. The van der Waals surface area contributed by atoms with Crippen LogP contribution in [0.1, 0.15) is 12.0 Å². The van der Waals surface area contributed by atoms with Gasteiger partial charge in [0.15, 0.2) is 0 Å². The second kappa shape index (κ2) is 5.37. The van der Waals surface area contributed by atoms with Crippen LogP contribution in [0.2, 0.25) is 0 Å². The Balaban J connectivity index is 1.76. The third-order valence-electron chi connectivity index (χ3n) is 4.08. The lowest BCUT2D eigenvalue weighted by atomic mass is 9.95. The molecule has 3 rings (SSSR count). The molecule has 2 heterocycles. The van der Waals surface area contributed by atoms with Crippen molar-refractivity contribution in [3.63, 3.8) is 0 Å². The fraction of sp³-hybridized carbons (Fsp3) is 0.467. The summed E-state index contributed by atoms with van der Waals surface area (Å²) in [5.41, 5.74) is 0.953. The predicted molar refractivity (Wildman–Crippen MR) is 72.9 cm³/mol. The number of likely N-dealkylation sites (tertiary alicyclic amines) is 1. The van der Waals surface area contributed by atoms with Crippen LogP contribution in [0.3, 0.4) is 0 Å². The first-order valence-corrected chi connectivity index (χ1v) is 6.98. The topological polar surface area (TPSA) is 87.1 Å². The minimum atomic E-state index is -1.07. The first-order valence-electron chi connectivity index (χ1n) is 6.98. The molecule has 0 spiro atoms. The largest absolute Gasteiger partial charge is 0.492 e. The smallest absolute Gasteiger partial charge is 0.326 e. The molecule has 0 bridgehead atoms. The maximum absolute atomic E-state index is 12.5. The van der Waals surface area contributed by atoms with Crippen molar-refractivity contribution >= 4 is 11.9 Å². The zero-order valence-electron chi connectivity index (χ0n) is 11.4. The average Bonchev–Trinajstić information content (AvgIpc) is 2.88. The number of aliphatic carboxylic acids is 1. The summed E-state index contributed by atoms with van der Waals surface area (Å²) in [6.45, 7) is 0.322. The van der Waals surface area contributed by atoms with Gasteiger partial charge in [-0.25, -0.2) is 4.79 Å². The SMILES string of the molecule is O=C(O)[C@@H]1C[C@H](O)CN1C(=O)C1COc2ccccc2C1. The lowest BCUT2D eigenvalue weighted by Gasteiger charge is -2.29. The van der Waals surface area contributed by atoms with E-state index in [0.29, 0.717) is 6.42 Å². The Morgan fingerprint density at radius 2 is 2.05 bits per heavy atom. The number of hydrogen-bond acceptors (Lipinski definition) is 4. The quantitative estimate of drug-likeness (QED) is 0.817. The lowest BCUT2D eigenvalue weighted by molar-refractivity contribution is -0.150. The number of nitrogens with zero attached hydrogens (tertiary/aromatic N) is 1. The van der Waals surface area contributed by atoms with E-state index in [1.54, 1.807) is 0 Å². The second-order valence-corrected chi connectivity index (χ2v) is 5.55. The molecule has 0 radical (unpaired) electrons. The molecule has 112 valence electrons. The van der Waals surface area contributed by atoms with Crippen LogP contribution in [0, 0.1) is 5.92 Å². The molecule has 1 unspecified atom stereocenters. The number of rotatable bonds is 2. The highest BCUT2D eigenvalue weighted by Crippen LogP contribution is 2.29. The minimum Gasteiger partial charge on any atom is -0.492 e. The average molecular weight is 291 g/mol. The van der Waals surface area contributed by atoms with Gasteiger partial charge in [-0.15, -0.1) is 0 Å². The standard InChI is InChI=1S/C15H17NO5/c17-11-6-12(15(19)20)16(7-11)14(18)10-5-9-3-1-2-4-13(9)21-8-10/h1-4,10-12,17H,5-8H2,(H,19,20)/t10?,11-,12-/m0/s1. The summed E-state index contributed by atoms with van der Waals surface area (Å²) in [4.78, 5) is 25.0. The number of ether oxygens (including phenoxy) is 1. The number of carboxylic acids is 1. The fourth-order valence-electron chi connectivity index (χ4n) is 3.01. The Kier molecular flexibility index (Phi) is 3.55. The van der Waals surface area contributed by atoms with Crippen LogP contribution in [0.25, 0.3) is 0 Å². The van der Waals surface area contributed by atoms with E-state index in [1.165, 1.54) is 4.90 Å². The Labute approximate surface area is 121 Å². The number of carbonyl (C=O) groups excluding carboxylic acids is 1.